The average molecular weight is 333 g/mol. The van der Waals surface area contributed by atoms with Gasteiger partial charge in [-0.05, 0) is 37.7 Å². The van der Waals surface area contributed by atoms with Crippen molar-refractivity contribution in [3.8, 4) is 0 Å². The molecule has 3 N–H and O–H groups in total. The molecule has 2 aromatic rings. The van der Waals surface area contributed by atoms with Crippen LogP contribution in [-0.2, 0) is 0 Å². The van der Waals surface area contributed by atoms with Crippen molar-refractivity contribution in [1.82, 2.24) is 20.5 Å². The fraction of sp³-hybridized carbons (Fsp3) is 0.375. The Balaban J connectivity index is 1.66. The van der Waals surface area contributed by atoms with E-state index in [1.54, 1.807) is 17.5 Å². The minimum absolute atomic E-state index is 0.156. The molecule has 0 aliphatic rings. The summed E-state index contributed by atoms with van der Waals surface area (Å²) in [5.74, 6) is 0.806. The Hall–Kier alpha value is -2.12. The summed E-state index contributed by atoms with van der Waals surface area (Å²) in [6, 6.07) is 9.82. The highest BCUT2D eigenvalue weighted by Gasteiger charge is 2.15. The van der Waals surface area contributed by atoms with Gasteiger partial charge in [-0.15, -0.1) is 11.3 Å². The van der Waals surface area contributed by atoms with Crippen LogP contribution >= 0.6 is 11.3 Å². The first kappa shape index (κ1) is 17.2. The lowest BCUT2D eigenvalue weighted by Crippen LogP contribution is -2.41. The summed E-state index contributed by atoms with van der Waals surface area (Å²) in [5, 5.41) is 11.0. The monoisotopic (exact) mass is 333 g/mol. The van der Waals surface area contributed by atoms with Crippen molar-refractivity contribution in [3.05, 3.63) is 46.8 Å². The van der Waals surface area contributed by atoms with Gasteiger partial charge in [-0.2, -0.15) is 0 Å². The Kier molecular flexibility index (Phi) is 6.83. The second kappa shape index (κ2) is 9.12. The predicted octanol–water partition coefficient (Wildman–Crippen LogP) is 2.16. The Morgan fingerprint density at radius 1 is 1.22 bits per heavy atom. The highest BCUT2D eigenvalue weighted by atomic mass is 32.1. The Morgan fingerprint density at radius 2 is 2.09 bits per heavy atom. The first-order valence-electron chi connectivity index (χ1n) is 7.53. The number of amides is 2. The number of carbonyl (C=O) groups is 1. The van der Waals surface area contributed by atoms with E-state index < -0.39 is 0 Å². The maximum absolute atomic E-state index is 11.9. The molecule has 0 saturated heterocycles. The summed E-state index contributed by atoms with van der Waals surface area (Å²) in [7, 11) is 4.03. The number of nitrogens with zero attached hydrogens (tertiary/aromatic N) is 2. The van der Waals surface area contributed by atoms with Crippen LogP contribution in [0.15, 0.2) is 41.9 Å². The number of rotatable bonds is 8. The number of nitrogens with one attached hydrogen (secondary N) is 3. The fourth-order valence-electron chi connectivity index (χ4n) is 2.10. The smallest absolute Gasteiger partial charge is 0.314 e. The predicted molar refractivity (Wildman–Crippen MR) is 94.9 cm³/mol. The Labute approximate surface area is 140 Å². The molecule has 2 heterocycles. The normalized spacial score (nSPS) is 12.0. The quantitative estimate of drug-likeness (QED) is 0.648. The molecule has 0 spiro atoms. The molecule has 0 bridgehead atoms. The molecule has 1 atom stereocenters. The lowest BCUT2D eigenvalue weighted by molar-refractivity contribution is 0.233. The van der Waals surface area contributed by atoms with E-state index in [1.165, 1.54) is 4.88 Å². The minimum Gasteiger partial charge on any atom is -0.368 e. The van der Waals surface area contributed by atoms with E-state index >= 15 is 0 Å². The lowest BCUT2D eigenvalue weighted by atomic mass is 10.2. The van der Waals surface area contributed by atoms with Gasteiger partial charge < -0.3 is 20.9 Å². The third-order valence-corrected chi connectivity index (χ3v) is 4.31. The van der Waals surface area contributed by atoms with Crippen LogP contribution in [0.3, 0.4) is 0 Å². The number of thiophene rings is 1. The Morgan fingerprint density at radius 3 is 2.74 bits per heavy atom. The van der Waals surface area contributed by atoms with Crippen LogP contribution in [0.4, 0.5) is 10.6 Å². The van der Waals surface area contributed by atoms with Gasteiger partial charge in [0.05, 0.1) is 6.04 Å². The fourth-order valence-corrected chi connectivity index (χ4v) is 3.03. The van der Waals surface area contributed by atoms with E-state index in [9.17, 15) is 4.79 Å². The van der Waals surface area contributed by atoms with Gasteiger partial charge in [0.1, 0.15) is 5.82 Å². The molecule has 23 heavy (non-hydrogen) atoms. The van der Waals surface area contributed by atoms with Crippen molar-refractivity contribution in [2.24, 2.45) is 0 Å². The summed E-state index contributed by atoms with van der Waals surface area (Å²) in [6.45, 7) is 1.74. The molecule has 1 unspecified atom stereocenters. The molecule has 2 amide bonds. The molecule has 0 radical (unpaired) electrons. The van der Waals surface area contributed by atoms with E-state index in [0.717, 1.165) is 5.82 Å². The zero-order valence-corrected chi connectivity index (χ0v) is 14.3. The van der Waals surface area contributed by atoms with Crippen LogP contribution in [0.5, 0.6) is 0 Å². The number of urea groups is 1. The van der Waals surface area contributed by atoms with E-state index in [-0.39, 0.29) is 12.1 Å². The van der Waals surface area contributed by atoms with Crippen LogP contribution in [0, 0.1) is 0 Å². The number of carbonyl (C=O) groups excluding carboxylic acids is 1. The summed E-state index contributed by atoms with van der Waals surface area (Å²) in [5.41, 5.74) is 0. The maximum atomic E-state index is 11.9. The van der Waals surface area contributed by atoms with E-state index in [2.05, 4.69) is 37.3 Å². The van der Waals surface area contributed by atoms with Gasteiger partial charge in [0, 0.05) is 30.7 Å². The van der Waals surface area contributed by atoms with Gasteiger partial charge in [-0.1, -0.05) is 12.1 Å². The molecule has 6 nitrogen and oxygen atoms in total. The first-order chi connectivity index (χ1) is 11.2. The summed E-state index contributed by atoms with van der Waals surface area (Å²) in [6.07, 6.45) is 1.73. The van der Waals surface area contributed by atoms with E-state index in [0.29, 0.717) is 19.6 Å². The lowest BCUT2D eigenvalue weighted by Gasteiger charge is -2.23. The van der Waals surface area contributed by atoms with Crippen molar-refractivity contribution in [2.75, 3.05) is 39.0 Å². The van der Waals surface area contributed by atoms with E-state index in [1.807, 2.05) is 38.4 Å². The number of likely N-dealkylation sites (N-methyl/N-ethyl adjacent to an activating group) is 1. The number of anilines is 1. The topological polar surface area (TPSA) is 69.3 Å². The number of pyridine rings is 1. The van der Waals surface area contributed by atoms with Crippen molar-refractivity contribution in [1.29, 1.82) is 0 Å². The molecule has 2 aromatic heterocycles. The highest BCUT2D eigenvalue weighted by Crippen LogP contribution is 2.22. The maximum Gasteiger partial charge on any atom is 0.314 e. The second-order valence-electron chi connectivity index (χ2n) is 5.27. The molecule has 2 rings (SSSR count). The van der Waals surface area contributed by atoms with Crippen LogP contribution < -0.4 is 16.0 Å². The molecule has 0 aromatic carbocycles. The molecule has 0 aliphatic heterocycles. The SMILES string of the molecule is CN(C)C(CNC(=O)NCCNc1ccccn1)c1cccs1. The molecular formula is C16H23N5OS. The second-order valence-corrected chi connectivity index (χ2v) is 6.25. The van der Waals surface area contributed by atoms with Gasteiger partial charge in [-0.3, -0.25) is 0 Å². The van der Waals surface area contributed by atoms with Gasteiger partial charge in [0.15, 0.2) is 0 Å². The molecular weight excluding hydrogens is 310 g/mol. The van der Waals surface area contributed by atoms with Crippen LogP contribution in [-0.4, -0.2) is 49.6 Å². The summed E-state index contributed by atoms with van der Waals surface area (Å²) >= 11 is 1.70. The molecule has 0 saturated carbocycles. The minimum atomic E-state index is -0.156. The van der Waals surface area contributed by atoms with Crippen LogP contribution in [0.2, 0.25) is 0 Å². The van der Waals surface area contributed by atoms with Crippen LogP contribution in [0.1, 0.15) is 10.9 Å². The van der Waals surface area contributed by atoms with Crippen molar-refractivity contribution in [3.63, 3.8) is 0 Å². The largest absolute Gasteiger partial charge is 0.368 e. The zero-order chi connectivity index (χ0) is 16.5. The molecule has 0 fully saturated rings. The number of aromatic nitrogens is 1. The number of hydrogen-bond donors (Lipinski definition) is 3. The molecule has 124 valence electrons. The van der Waals surface area contributed by atoms with Crippen molar-refractivity contribution < 1.29 is 4.79 Å². The van der Waals surface area contributed by atoms with Gasteiger partial charge in [0.25, 0.3) is 0 Å². The average Bonchev–Trinajstić information content (AvgIpc) is 3.06. The summed E-state index contributed by atoms with van der Waals surface area (Å²) in [4.78, 5) is 19.4. The number of hydrogen-bond acceptors (Lipinski definition) is 5. The van der Waals surface area contributed by atoms with Gasteiger partial charge in [0.2, 0.25) is 0 Å². The van der Waals surface area contributed by atoms with Gasteiger partial charge in [-0.25, -0.2) is 9.78 Å². The van der Waals surface area contributed by atoms with Gasteiger partial charge >= 0.3 is 6.03 Å². The first-order valence-corrected chi connectivity index (χ1v) is 8.41. The zero-order valence-electron chi connectivity index (χ0n) is 13.5. The third-order valence-electron chi connectivity index (χ3n) is 3.33. The Bertz CT molecular complexity index is 573. The molecule has 7 heteroatoms. The van der Waals surface area contributed by atoms with Crippen molar-refractivity contribution in [2.45, 2.75) is 6.04 Å². The van der Waals surface area contributed by atoms with E-state index in [4.69, 9.17) is 0 Å². The van der Waals surface area contributed by atoms with Crippen molar-refractivity contribution >= 4 is 23.2 Å². The summed E-state index contributed by atoms with van der Waals surface area (Å²) < 4.78 is 0. The highest BCUT2D eigenvalue weighted by molar-refractivity contribution is 7.10. The standard InChI is InChI=1S/C16H23N5OS/c1-21(2)13(14-6-5-11-23-14)12-20-16(22)19-10-9-18-15-7-3-4-8-17-15/h3-8,11,13H,9-10,12H2,1-2H3,(H,17,18)(H2,19,20,22). The third kappa shape index (κ3) is 5.88. The van der Waals surface area contributed by atoms with Crippen LogP contribution in [0.25, 0.3) is 0 Å². The molecule has 0 aliphatic carbocycles.